The first-order chi connectivity index (χ1) is 6.20. The molecule has 0 aliphatic carbocycles. The maximum absolute atomic E-state index is 4.41. The molecule has 1 heterocycles. The number of nitrogens with zero attached hydrogens (tertiary/aromatic N) is 2. The minimum atomic E-state index is 0.998. The largest absolute Gasteiger partial charge is 0.267 e. The zero-order valence-corrected chi connectivity index (χ0v) is 7.91. The van der Waals surface area contributed by atoms with Gasteiger partial charge < -0.3 is 0 Å². The highest BCUT2D eigenvalue weighted by atomic mass is 15.3. The van der Waals surface area contributed by atoms with Crippen molar-refractivity contribution in [3.63, 3.8) is 0 Å². The van der Waals surface area contributed by atoms with Gasteiger partial charge in [-0.15, -0.1) is 0 Å². The molecule has 0 atom stereocenters. The summed E-state index contributed by atoms with van der Waals surface area (Å²) in [7, 11) is 1.95. The summed E-state index contributed by atoms with van der Waals surface area (Å²) in [6.45, 7) is 5.89. The van der Waals surface area contributed by atoms with Crippen molar-refractivity contribution in [2.45, 2.75) is 6.92 Å². The van der Waals surface area contributed by atoms with Crippen molar-refractivity contribution in [2.24, 2.45) is 7.05 Å². The molecule has 2 nitrogen and oxygen atoms in total. The monoisotopic (exact) mass is 172 g/mol. The lowest BCUT2D eigenvalue weighted by molar-refractivity contribution is 0.791. The molecule has 0 aliphatic rings. The molecule has 66 valence electrons. The molecule has 0 N–H and O–H groups in total. The summed E-state index contributed by atoms with van der Waals surface area (Å²) in [5, 5.41) is 5.58. The molecular weight excluding hydrogens is 160 g/mol. The van der Waals surface area contributed by atoms with Crippen molar-refractivity contribution >= 4 is 16.5 Å². The Hall–Kier alpha value is -1.57. The van der Waals surface area contributed by atoms with E-state index >= 15 is 0 Å². The lowest BCUT2D eigenvalue weighted by Gasteiger charge is -1.92. The van der Waals surface area contributed by atoms with Gasteiger partial charge in [-0.1, -0.05) is 24.8 Å². The number of aryl methyl sites for hydroxylation is 1. The zero-order valence-electron chi connectivity index (χ0n) is 7.91. The van der Waals surface area contributed by atoms with Gasteiger partial charge in [-0.2, -0.15) is 5.10 Å². The average molecular weight is 172 g/mol. The standard InChI is InChI=1S/C11H12N2/c1-8(2)11-9-6-4-5-7-10(9)13(3)12-11/h4-7H,1H2,2-3H3. The number of para-hydroxylation sites is 1. The molecule has 0 bridgehead atoms. The molecule has 0 unspecified atom stereocenters. The van der Waals surface area contributed by atoms with E-state index in [0.29, 0.717) is 0 Å². The van der Waals surface area contributed by atoms with Crippen LogP contribution in [0.3, 0.4) is 0 Å². The van der Waals surface area contributed by atoms with Gasteiger partial charge in [0.25, 0.3) is 0 Å². The van der Waals surface area contributed by atoms with Crippen molar-refractivity contribution < 1.29 is 0 Å². The van der Waals surface area contributed by atoms with Crippen molar-refractivity contribution in [1.82, 2.24) is 9.78 Å². The molecule has 2 rings (SSSR count). The third-order valence-corrected chi connectivity index (χ3v) is 2.16. The Kier molecular flexibility index (Phi) is 1.69. The molecule has 0 saturated carbocycles. The molecule has 0 aliphatic heterocycles. The lowest BCUT2D eigenvalue weighted by atomic mass is 10.1. The summed E-state index contributed by atoms with van der Waals surface area (Å²) < 4.78 is 1.89. The number of hydrogen-bond donors (Lipinski definition) is 0. The van der Waals surface area contributed by atoms with E-state index in [1.165, 1.54) is 5.39 Å². The van der Waals surface area contributed by atoms with Gasteiger partial charge >= 0.3 is 0 Å². The Morgan fingerprint density at radius 3 is 2.77 bits per heavy atom. The minimum absolute atomic E-state index is 0.998. The molecule has 0 spiro atoms. The number of allylic oxidation sites excluding steroid dienone is 1. The molecule has 0 radical (unpaired) electrons. The van der Waals surface area contributed by atoms with Gasteiger partial charge in [-0.3, -0.25) is 4.68 Å². The van der Waals surface area contributed by atoms with Crippen molar-refractivity contribution in [2.75, 3.05) is 0 Å². The number of hydrogen-bond acceptors (Lipinski definition) is 1. The van der Waals surface area contributed by atoms with E-state index in [1.807, 2.05) is 30.8 Å². The van der Waals surface area contributed by atoms with Gasteiger partial charge in [-0.25, -0.2) is 0 Å². The Balaban J connectivity index is 2.85. The summed E-state index contributed by atoms with van der Waals surface area (Å²) in [4.78, 5) is 0. The van der Waals surface area contributed by atoms with Crippen LogP contribution in [0.4, 0.5) is 0 Å². The Bertz CT molecular complexity index is 466. The average Bonchev–Trinajstić information content (AvgIpc) is 2.45. The first-order valence-electron chi connectivity index (χ1n) is 4.28. The molecule has 13 heavy (non-hydrogen) atoms. The van der Waals surface area contributed by atoms with Gasteiger partial charge in [0.05, 0.1) is 11.2 Å². The summed E-state index contributed by atoms with van der Waals surface area (Å²) in [6, 6.07) is 8.18. The van der Waals surface area contributed by atoms with Gasteiger partial charge in [0.15, 0.2) is 0 Å². The second kappa shape index (κ2) is 2.73. The van der Waals surface area contributed by atoms with Crippen molar-refractivity contribution in [3.05, 3.63) is 36.5 Å². The van der Waals surface area contributed by atoms with Crippen molar-refractivity contribution in [3.8, 4) is 0 Å². The molecule has 0 saturated heterocycles. The van der Waals surface area contributed by atoms with Gasteiger partial charge in [0.1, 0.15) is 0 Å². The zero-order chi connectivity index (χ0) is 9.42. The molecule has 1 aromatic carbocycles. The number of benzene rings is 1. The van der Waals surface area contributed by atoms with Gasteiger partial charge in [-0.05, 0) is 18.6 Å². The fraction of sp³-hybridized carbons (Fsp3) is 0.182. The summed E-state index contributed by atoms with van der Waals surface area (Å²) in [5.41, 5.74) is 3.16. The third kappa shape index (κ3) is 1.15. The smallest absolute Gasteiger partial charge is 0.0952 e. The van der Waals surface area contributed by atoms with E-state index in [4.69, 9.17) is 0 Å². The van der Waals surface area contributed by atoms with Crippen LogP contribution in [0.5, 0.6) is 0 Å². The molecular formula is C11H12N2. The normalized spacial score (nSPS) is 10.6. The first kappa shape index (κ1) is 8.05. The maximum atomic E-state index is 4.41. The van der Waals surface area contributed by atoms with E-state index < -0.39 is 0 Å². The Morgan fingerprint density at radius 1 is 1.38 bits per heavy atom. The van der Waals surface area contributed by atoms with Gasteiger partial charge in [0.2, 0.25) is 0 Å². The van der Waals surface area contributed by atoms with E-state index in [-0.39, 0.29) is 0 Å². The predicted octanol–water partition coefficient (Wildman–Crippen LogP) is 2.61. The van der Waals surface area contributed by atoms with Crippen LogP contribution in [0, 0.1) is 0 Å². The van der Waals surface area contributed by atoms with Crippen LogP contribution in [0.1, 0.15) is 12.6 Å². The summed E-state index contributed by atoms with van der Waals surface area (Å²) in [5.74, 6) is 0. The van der Waals surface area contributed by atoms with Crippen molar-refractivity contribution in [1.29, 1.82) is 0 Å². The number of fused-ring (bicyclic) bond motifs is 1. The molecule has 0 fully saturated rings. The lowest BCUT2D eigenvalue weighted by Crippen LogP contribution is -1.89. The third-order valence-electron chi connectivity index (χ3n) is 2.16. The Labute approximate surface area is 77.5 Å². The second-order valence-corrected chi connectivity index (χ2v) is 3.27. The fourth-order valence-corrected chi connectivity index (χ4v) is 1.53. The van der Waals surface area contributed by atoms with Crippen LogP contribution in [0.15, 0.2) is 30.8 Å². The van der Waals surface area contributed by atoms with Crippen LogP contribution >= 0.6 is 0 Å². The fourth-order valence-electron chi connectivity index (χ4n) is 1.53. The maximum Gasteiger partial charge on any atom is 0.0952 e. The van der Waals surface area contributed by atoms with Gasteiger partial charge in [0, 0.05) is 12.4 Å². The number of rotatable bonds is 1. The second-order valence-electron chi connectivity index (χ2n) is 3.27. The summed E-state index contributed by atoms with van der Waals surface area (Å²) >= 11 is 0. The highest BCUT2D eigenvalue weighted by Gasteiger charge is 2.06. The van der Waals surface area contributed by atoms with E-state index in [9.17, 15) is 0 Å². The van der Waals surface area contributed by atoms with E-state index in [1.54, 1.807) is 0 Å². The first-order valence-corrected chi connectivity index (χ1v) is 4.28. The van der Waals surface area contributed by atoms with E-state index in [2.05, 4.69) is 23.8 Å². The number of aromatic nitrogens is 2. The molecule has 2 aromatic rings. The molecule has 1 aromatic heterocycles. The quantitative estimate of drug-likeness (QED) is 0.646. The van der Waals surface area contributed by atoms with Crippen LogP contribution in [-0.2, 0) is 7.05 Å². The molecule has 2 heteroatoms. The summed E-state index contributed by atoms with van der Waals surface area (Å²) in [6.07, 6.45) is 0. The SMILES string of the molecule is C=C(C)c1nn(C)c2ccccc12. The van der Waals surface area contributed by atoms with Crippen LogP contribution < -0.4 is 0 Å². The van der Waals surface area contributed by atoms with E-state index in [0.717, 1.165) is 16.8 Å². The topological polar surface area (TPSA) is 17.8 Å². The van der Waals surface area contributed by atoms with Crippen LogP contribution in [0.25, 0.3) is 16.5 Å². The Morgan fingerprint density at radius 2 is 2.08 bits per heavy atom. The molecule has 0 amide bonds. The highest BCUT2D eigenvalue weighted by molar-refractivity contribution is 5.89. The van der Waals surface area contributed by atoms with Crippen LogP contribution in [-0.4, -0.2) is 9.78 Å². The van der Waals surface area contributed by atoms with Crippen LogP contribution in [0.2, 0.25) is 0 Å². The highest BCUT2D eigenvalue weighted by Crippen LogP contribution is 2.22. The predicted molar refractivity (Wildman–Crippen MR) is 55.4 cm³/mol. The minimum Gasteiger partial charge on any atom is -0.267 e.